The van der Waals surface area contributed by atoms with Crippen molar-refractivity contribution in [2.24, 2.45) is 0 Å². The number of carbonyl (C=O) groups excluding carboxylic acids is 1. The zero-order chi connectivity index (χ0) is 14.1. The monoisotopic (exact) mass is 273 g/mol. The van der Waals surface area contributed by atoms with Crippen LogP contribution in [0.4, 0.5) is 14.5 Å². The fraction of sp³-hybridized carbons (Fsp3) is 0. The summed E-state index contributed by atoms with van der Waals surface area (Å²) in [5, 5.41) is 10.0. The predicted molar refractivity (Wildman–Crippen MR) is 70.4 cm³/mol. The molecule has 1 heterocycles. The number of H-pyrrole nitrogens is 1. The first-order chi connectivity index (χ1) is 9.65. The molecule has 0 aliphatic heterocycles. The highest BCUT2D eigenvalue weighted by atomic mass is 19.2. The van der Waals surface area contributed by atoms with Crippen molar-refractivity contribution >= 4 is 22.5 Å². The Morgan fingerprint density at radius 3 is 2.90 bits per heavy atom. The van der Waals surface area contributed by atoms with Crippen LogP contribution in [-0.2, 0) is 0 Å². The van der Waals surface area contributed by atoms with E-state index in [9.17, 15) is 13.6 Å². The summed E-state index contributed by atoms with van der Waals surface area (Å²) in [4.78, 5) is 11.9. The molecule has 0 fully saturated rings. The van der Waals surface area contributed by atoms with Gasteiger partial charge in [-0.25, -0.2) is 8.78 Å². The standard InChI is InChI=1S/C14H9F2N3O/c15-11-3-1-2-10(13(11)16)14(20)18-9-5-4-8-7-17-19-12(8)6-9/h1-7H,(H,17,19)(H,18,20). The lowest BCUT2D eigenvalue weighted by Crippen LogP contribution is -2.14. The Balaban J connectivity index is 1.90. The van der Waals surface area contributed by atoms with E-state index < -0.39 is 17.5 Å². The van der Waals surface area contributed by atoms with Crippen LogP contribution in [0.3, 0.4) is 0 Å². The van der Waals surface area contributed by atoms with Crippen molar-refractivity contribution in [3.8, 4) is 0 Å². The minimum Gasteiger partial charge on any atom is -0.322 e. The molecule has 0 unspecified atom stereocenters. The number of halogens is 2. The van der Waals surface area contributed by atoms with Gasteiger partial charge >= 0.3 is 0 Å². The van der Waals surface area contributed by atoms with Crippen LogP contribution in [0.5, 0.6) is 0 Å². The summed E-state index contributed by atoms with van der Waals surface area (Å²) in [7, 11) is 0. The smallest absolute Gasteiger partial charge is 0.258 e. The number of anilines is 1. The van der Waals surface area contributed by atoms with Gasteiger partial charge in [0, 0.05) is 11.1 Å². The highest BCUT2D eigenvalue weighted by molar-refractivity contribution is 6.05. The third-order valence-corrected chi connectivity index (χ3v) is 2.90. The molecule has 2 aromatic carbocycles. The van der Waals surface area contributed by atoms with Gasteiger partial charge in [0.2, 0.25) is 0 Å². The zero-order valence-electron chi connectivity index (χ0n) is 10.2. The number of benzene rings is 2. The maximum atomic E-state index is 13.5. The molecule has 0 spiro atoms. The van der Waals surface area contributed by atoms with Crippen LogP contribution in [0.25, 0.3) is 10.9 Å². The van der Waals surface area contributed by atoms with Crippen molar-refractivity contribution < 1.29 is 13.6 Å². The Morgan fingerprint density at radius 2 is 2.05 bits per heavy atom. The molecule has 3 aromatic rings. The van der Waals surface area contributed by atoms with Crippen molar-refractivity contribution in [1.29, 1.82) is 0 Å². The highest BCUT2D eigenvalue weighted by Crippen LogP contribution is 2.18. The summed E-state index contributed by atoms with van der Waals surface area (Å²) >= 11 is 0. The second-order valence-corrected chi connectivity index (χ2v) is 4.23. The summed E-state index contributed by atoms with van der Waals surface area (Å²) in [6, 6.07) is 8.55. The first-order valence-corrected chi connectivity index (χ1v) is 5.83. The van der Waals surface area contributed by atoms with E-state index in [1.54, 1.807) is 24.4 Å². The second-order valence-electron chi connectivity index (χ2n) is 4.23. The van der Waals surface area contributed by atoms with Gasteiger partial charge in [0.1, 0.15) is 0 Å². The molecule has 0 saturated heterocycles. The number of carbonyl (C=O) groups is 1. The first-order valence-electron chi connectivity index (χ1n) is 5.83. The van der Waals surface area contributed by atoms with E-state index in [1.807, 2.05) is 0 Å². The van der Waals surface area contributed by atoms with Crippen LogP contribution in [0, 0.1) is 11.6 Å². The van der Waals surface area contributed by atoms with Gasteiger partial charge in [0.05, 0.1) is 17.3 Å². The fourth-order valence-corrected chi connectivity index (χ4v) is 1.89. The number of rotatable bonds is 2. The van der Waals surface area contributed by atoms with Crippen molar-refractivity contribution in [3.63, 3.8) is 0 Å². The van der Waals surface area contributed by atoms with Gasteiger partial charge in [0.15, 0.2) is 11.6 Å². The lowest BCUT2D eigenvalue weighted by atomic mass is 10.1. The van der Waals surface area contributed by atoms with E-state index in [0.717, 1.165) is 17.0 Å². The van der Waals surface area contributed by atoms with Crippen LogP contribution in [-0.4, -0.2) is 16.1 Å². The number of aromatic nitrogens is 2. The molecule has 3 rings (SSSR count). The minimum absolute atomic E-state index is 0.338. The van der Waals surface area contributed by atoms with Gasteiger partial charge < -0.3 is 5.32 Å². The van der Waals surface area contributed by atoms with Gasteiger partial charge in [-0.05, 0) is 30.3 Å². The quantitative estimate of drug-likeness (QED) is 0.753. The highest BCUT2D eigenvalue weighted by Gasteiger charge is 2.15. The number of amides is 1. The number of aromatic amines is 1. The topological polar surface area (TPSA) is 57.8 Å². The first kappa shape index (κ1) is 12.3. The Bertz CT molecular complexity index is 798. The zero-order valence-corrected chi connectivity index (χ0v) is 10.2. The van der Waals surface area contributed by atoms with Crippen LogP contribution in [0.15, 0.2) is 42.6 Å². The molecule has 6 heteroatoms. The molecule has 0 saturated carbocycles. The van der Waals surface area contributed by atoms with Gasteiger partial charge in [-0.3, -0.25) is 9.89 Å². The van der Waals surface area contributed by atoms with Crippen LogP contribution >= 0.6 is 0 Å². The van der Waals surface area contributed by atoms with E-state index in [-0.39, 0.29) is 5.56 Å². The van der Waals surface area contributed by atoms with Crippen molar-refractivity contribution in [3.05, 3.63) is 59.8 Å². The van der Waals surface area contributed by atoms with E-state index in [1.165, 1.54) is 12.1 Å². The van der Waals surface area contributed by atoms with Crippen LogP contribution < -0.4 is 5.32 Å². The van der Waals surface area contributed by atoms with Crippen LogP contribution in [0.2, 0.25) is 0 Å². The molecular weight excluding hydrogens is 264 g/mol. The molecule has 1 amide bonds. The lowest BCUT2D eigenvalue weighted by molar-refractivity contribution is 0.102. The molecule has 0 radical (unpaired) electrons. The Kier molecular flexibility index (Phi) is 2.90. The Hall–Kier alpha value is -2.76. The minimum atomic E-state index is -1.16. The summed E-state index contributed by atoms with van der Waals surface area (Å²) in [6.07, 6.45) is 1.65. The van der Waals surface area contributed by atoms with Gasteiger partial charge in [0.25, 0.3) is 5.91 Å². The lowest BCUT2D eigenvalue weighted by Gasteiger charge is -2.06. The van der Waals surface area contributed by atoms with Gasteiger partial charge in [-0.2, -0.15) is 5.10 Å². The molecule has 100 valence electrons. The van der Waals surface area contributed by atoms with Gasteiger partial charge in [-0.1, -0.05) is 6.07 Å². The Morgan fingerprint density at radius 1 is 1.20 bits per heavy atom. The molecule has 0 bridgehead atoms. The summed E-state index contributed by atoms with van der Waals surface area (Å²) in [5.41, 5.74) is 0.868. The molecule has 0 aliphatic rings. The molecular formula is C14H9F2N3O. The van der Waals surface area contributed by atoms with Gasteiger partial charge in [-0.15, -0.1) is 0 Å². The number of nitrogens with zero attached hydrogens (tertiary/aromatic N) is 1. The SMILES string of the molecule is O=C(Nc1ccc2cn[nH]c2c1)c1cccc(F)c1F. The maximum Gasteiger partial charge on any atom is 0.258 e. The van der Waals surface area contributed by atoms with E-state index >= 15 is 0 Å². The number of hydrogen-bond donors (Lipinski definition) is 2. The summed E-state index contributed by atoms with van der Waals surface area (Å²) in [6.45, 7) is 0. The van der Waals surface area contributed by atoms with Crippen molar-refractivity contribution in [2.75, 3.05) is 5.32 Å². The number of fused-ring (bicyclic) bond motifs is 1. The van der Waals surface area contributed by atoms with E-state index in [2.05, 4.69) is 15.5 Å². The fourth-order valence-electron chi connectivity index (χ4n) is 1.89. The van der Waals surface area contributed by atoms with Crippen LogP contribution in [0.1, 0.15) is 10.4 Å². The third kappa shape index (κ3) is 2.11. The number of nitrogens with one attached hydrogen (secondary N) is 2. The Labute approximate surface area is 112 Å². The normalized spacial score (nSPS) is 10.7. The van der Waals surface area contributed by atoms with Crippen molar-refractivity contribution in [1.82, 2.24) is 10.2 Å². The predicted octanol–water partition coefficient (Wildman–Crippen LogP) is 3.09. The summed E-state index contributed by atoms with van der Waals surface area (Å²) in [5.74, 6) is -2.92. The number of hydrogen-bond acceptors (Lipinski definition) is 2. The molecule has 2 N–H and O–H groups in total. The van der Waals surface area contributed by atoms with E-state index in [4.69, 9.17) is 0 Å². The van der Waals surface area contributed by atoms with Crippen molar-refractivity contribution in [2.45, 2.75) is 0 Å². The third-order valence-electron chi connectivity index (χ3n) is 2.90. The van der Waals surface area contributed by atoms with E-state index in [0.29, 0.717) is 5.69 Å². The molecule has 4 nitrogen and oxygen atoms in total. The summed E-state index contributed by atoms with van der Waals surface area (Å²) < 4.78 is 26.6. The molecule has 20 heavy (non-hydrogen) atoms. The second kappa shape index (κ2) is 4.73. The molecule has 1 aromatic heterocycles. The molecule has 0 atom stereocenters. The maximum absolute atomic E-state index is 13.5. The largest absolute Gasteiger partial charge is 0.322 e. The average Bonchev–Trinajstić information content (AvgIpc) is 2.89. The average molecular weight is 273 g/mol. The molecule has 0 aliphatic carbocycles.